The van der Waals surface area contributed by atoms with Gasteiger partial charge in [0.15, 0.2) is 5.96 Å². The van der Waals surface area contributed by atoms with Crippen LogP contribution >= 0.6 is 0 Å². The first kappa shape index (κ1) is 20.7. The molecule has 2 N–H and O–H groups in total. The Hall–Kier alpha value is -1.61. The van der Waals surface area contributed by atoms with E-state index >= 15 is 0 Å². The molecule has 1 aliphatic rings. The van der Waals surface area contributed by atoms with Crippen LogP contribution in [0.3, 0.4) is 0 Å². The van der Waals surface area contributed by atoms with Crippen LogP contribution in [0.5, 0.6) is 0 Å². The third-order valence-corrected chi connectivity index (χ3v) is 6.36. The molecule has 26 heavy (non-hydrogen) atoms. The molecule has 0 spiro atoms. The van der Waals surface area contributed by atoms with Crippen molar-refractivity contribution in [3.8, 4) is 0 Å². The van der Waals surface area contributed by atoms with Crippen molar-refractivity contribution in [1.82, 2.24) is 24.7 Å². The summed E-state index contributed by atoms with van der Waals surface area (Å²) in [6.45, 7) is 7.38. The molecule has 0 amide bonds. The highest BCUT2D eigenvalue weighted by Gasteiger charge is 2.31. The minimum atomic E-state index is -3.15. The topological polar surface area (TPSA) is 91.6 Å². The highest BCUT2D eigenvalue weighted by atomic mass is 32.2. The number of hydrogen-bond acceptors (Lipinski definition) is 4. The Morgan fingerprint density at radius 2 is 2.12 bits per heavy atom. The Kier molecular flexibility index (Phi) is 6.68. The maximum atomic E-state index is 11.8. The Morgan fingerprint density at radius 1 is 1.42 bits per heavy atom. The van der Waals surface area contributed by atoms with E-state index in [9.17, 15) is 8.42 Å². The van der Waals surface area contributed by atoms with Crippen molar-refractivity contribution in [2.24, 2.45) is 12.0 Å². The van der Waals surface area contributed by atoms with E-state index in [0.29, 0.717) is 19.0 Å². The van der Waals surface area contributed by atoms with Gasteiger partial charge < -0.3 is 10.6 Å². The smallest absolute Gasteiger partial charge is 0.211 e. The minimum Gasteiger partial charge on any atom is -0.355 e. The lowest BCUT2D eigenvalue weighted by atomic mass is 10.1. The van der Waals surface area contributed by atoms with Crippen LogP contribution in [-0.2, 0) is 23.5 Å². The van der Waals surface area contributed by atoms with Gasteiger partial charge in [-0.05, 0) is 45.6 Å². The number of aryl methyl sites for hydroxylation is 2. The third-order valence-electron chi connectivity index (χ3n) is 5.03. The van der Waals surface area contributed by atoms with E-state index in [0.717, 1.165) is 25.0 Å². The lowest BCUT2D eigenvalue weighted by Crippen LogP contribution is -2.48. The van der Waals surface area contributed by atoms with Crippen LogP contribution in [0.4, 0.5) is 0 Å². The maximum Gasteiger partial charge on any atom is 0.211 e. The van der Waals surface area contributed by atoms with Crippen molar-refractivity contribution in [2.45, 2.75) is 52.1 Å². The van der Waals surface area contributed by atoms with Crippen molar-refractivity contribution >= 4 is 16.0 Å². The van der Waals surface area contributed by atoms with Gasteiger partial charge in [0.25, 0.3) is 0 Å². The summed E-state index contributed by atoms with van der Waals surface area (Å²) in [5.74, 6) is 0.692. The highest BCUT2D eigenvalue weighted by Crippen LogP contribution is 2.19. The maximum absolute atomic E-state index is 11.8. The monoisotopic (exact) mass is 384 g/mol. The van der Waals surface area contributed by atoms with E-state index in [1.54, 1.807) is 11.4 Å². The van der Waals surface area contributed by atoms with Gasteiger partial charge in [-0.1, -0.05) is 0 Å². The minimum absolute atomic E-state index is 0.0123. The molecule has 1 fully saturated rings. The van der Waals surface area contributed by atoms with E-state index in [2.05, 4.69) is 34.6 Å². The molecule has 0 bridgehead atoms. The molecular formula is C17H32N6O2S. The van der Waals surface area contributed by atoms with Crippen LogP contribution < -0.4 is 10.6 Å². The molecule has 0 saturated carbocycles. The number of guanidine groups is 1. The number of nitrogens with one attached hydrogen (secondary N) is 2. The van der Waals surface area contributed by atoms with E-state index in [-0.39, 0.29) is 12.1 Å². The van der Waals surface area contributed by atoms with Gasteiger partial charge in [-0.15, -0.1) is 0 Å². The summed E-state index contributed by atoms with van der Waals surface area (Å²) in [4.78, 5) is 4.27. The average Bonchev–Trinajstić information content (AvgIpc) is 3.12. The van der Waals surface area contributed by atoms with Crippen LogP contribution in [-0.4, -0.2) is 66.9 Å². The molecule has 0 aromatic carbocycles. The summed E-state index contributed by atoms with van der Waals surface area (Å²) >= 11 is 0. The predicted molar refractivity (Wildman–Crippen MR) is 105 cm³/mol. The SMILES string of the molecule is CN=C(NC[C@H]1CCCN1S(C)(=O)=O)NC(C)Cc1c(C)nn(C)c1C. The molecule has 2 atom stereocenters. The fourth-order valence-electron chi connectivity index (χ4n) is 3.56. The molecule has 1 saturated heterocycles. The van der Waals surface area contributed by atoms with Gasteiger partial charge in [-0.25, -0.2) is 8.42 Å². The number of aromatic nitrogens is 2. The molecule has 0 radical (unpaired) electrons. The zero-order valence-corrected chi connectivity index (χ0v) is 17.5. The van der Waals surface area contributed by atoms with Gasteiger partial charge in [0, 0.05) is 45.0 Å². The highest BCUT2D eigenvalue weighted by molar-refractivity contribution is 7.88. The Bertz CT molecular complexity index is 756. The third kappa shape index (κ3) is 4.97. The quantitative estimate of drug-likeness (QED) is 0.552. The first-order valence-electron chi connectivity index (χ1n) is 9.06. The summed E-state index contributed by atoms with van der Waals surface area (Å²) in [6.07, 6.45) is 3.91. The fourth-order valence-corrected chi connectivity index (χ4v) is 4.74. The van der Waals surface area contributed by atoms with Crippen molar-refractivity contribution in [3.63, 3.8) is 0 Å². The van der Waals surface area contributed by atoms with Gasteiger partial charge in [-0.3, -0.25) is 9.67 Å². The van der Waals surface area contributed by atoms with E-state index in [4.69, 9.17) is 0 Å². The van der Waals surface area contributed by atoms with Crippen LogP contribution in [0, 0.1) is 13.8 Å². The van der Waals surface area contributed by atoms with Crippen molar-refractivity contribution < 1.29 is 8.42 Å². The molecule has 0 aliphatic carbocycles. The normalized spacial score (nSPS) is 20.4. The first-order chi connectivity index (χ1) is 12.1. The lowest BCUT2D eigenvalue weighted by Gasteiger charge is -2.24. The zero-order chi connectivity index (χ0) is 19.5. The van der Waals surface area contributed by atoms with Gasteiger partial charge >= 0.3 is 0 Å². The summed E-state index contributed by atoms with van der Waals surface area (Å²) < 4.78 is 27.2. The number of sulfonamides is 1. The number of aliphatic imine (C=N–C) groups is 1. The second kappa shape index (κ2) is 8.39. The summed E-state index contributed by atoms with van der Waals surface area (Å²) in [6, 6.07) is 0.166. The zero-order valence-electron chi connectivity index (χ0n) is 16.7. The summed E-state index contributed by atoms with van der Waals surface area (Å²) in [7, 11) is 0.532. The van der Waals surface area contributed by atoms with Gasteiger partial charge in [0.1, 0.15) is 0 Å². The predicted octanol–water partition coefficient (Wildman–Crippen LogP) is 0.557. The largest absolute Gasteiger partial charge is 0.355 e. The first-order valence-corrected chi connectivity index (χ1v) is 10.9. The number of rotatable bonds is 6. The summed E-state index contributed by atoms with van der Waals surface area (Å²) in [5, 5.41) is 11.1. The van der Waals surface area contributed by atoms with Crippen LogP contribution in [0.1, 0.15) is 36.7 Å². The molecule has 1 unspecified atom stereocenters. The van der Waals surface area contributed by atoms with Crippen molar-refractivity contribution in [3.05, 3.63) is 17.0 Å². The van der Waals surface area contributed by atoms with Crippen molar-refractivity contribution in [1.29, 1.82) is 0 Å². The van der Waals surface area contributed by atoms with Crippen LogP contribution in [0.15, 0.2) is 4.99 Å². The second-order valence-corrected chi connectivity index (χ2v) is 9.08. The Balaban J connectivity index is 1.91. The second-order valence-electron chi connectivity index (χ2n) is 7.15. The molecule has 1 aromatic heterocycles. The van der Waals surface area contributed by atoms with E-state index in [1.165, 1.54) is 17.5 Å². The van der Waals surface area contributed by atoms with Gasteiger partial charge in [0.2, 0.25) is 10.0 Å². The molecule has 1 aromatic rings. The molecular weight excluding hydrogens is 352 g/mol. The standard InChI is InChI=1S/C17H32N6O2S/c1-12(10-16-13(2)21-22(5)14(16)3)20-17(18-4)19-11-15-8-7-9-23(15)26(6,24)25/h12,15H,7-11H2,1-6H3,(H2,18,19,20)/t12?,15-/m1/s1. The van der Waals surface area contributed by atoms with Crippen LogP contribution in [0.25, 0.3) is 0 Å². The molecule has 2 heterocycles. The number of nitrogens with zero attached hydrogens (tertiary/aromatic N) is 4. The number of hydrogen-bond donors (Lipinski definition) is 2. The molecule has 1 aliphatic heterocycles. The van der Waals surface area contributed by atoms with Crippen LogP contribution in [0.2, 0.25) is 0 Å². The lowest BCUT2D eigenvalue weighted by molar-refractivity contribution is 0.387. The van der Waals surface area contributed by atoms with E-state index < -0.39 is 10.0 Å². The summed E-state index contributed by atoms with van der Waals surface area (Å²) in [5.41, 5.74) is 3.48. The Labute approximate surface area is 157 Å². The van der Waals surface area contributed by atoms with Crippen molar-refractivity contribution in [2.75, 3.05) is 26.4 Å². The molecule has 148 valence electrons. The van der Waals surface area contributed by atoms with Gasteiger partial charge in [0.05, 0.1) is 11.9 Å². The molecule has 8 nitrogen and oxygen atoms in total. The average molecular weight is 385 g/mol. The van der Waals surface area contributed by atoms with E-state index in [1.807, 2.05) is 18.7 Å². The molecule has 2 rings (SSSR count). The fraction of sp³-hybridized carbons (Fsp3) is 0.765. The molecule has 9 heteroatoms. The van der Waals surface area contributed by atoms with Gasteiger partial charge in [-0.2, -0.15) is 9.40 Å². The Morgan fingerprint density at radius 3 is 2.65 bits per heavy atom.